The van der Waals surface area contributed by atoms with Crippen molar-refractivity contribution in [3.8, 4) is 0 Å². The van der Waals surface area contributed by atoms with Crippen molar-refractivity contribution in [3.63, 3.8) is 0 Å². The van der Waals surface area contributed by atoms with Crippen molar-refractivity contribution in [2.45, 2.75) is 63.4 Å². The molecule has 2 aliphatic rings. The van der Waals surface area contributed by atoms with Gasteiger partial charge in [0, 0.05) is 24.0 Å². The molecule has 1 aromatic rings. The van der Waals surface area contributed by atoms with Crippen LogP contribution >= 0.6 is 11.5 Å². The van der Waals surface area contributed by atoms with Crippen molar-refractivity contribution in [2.75, 3.05) is 11.9 Å². The molecule has 0 unspecified atom stereocenters. The number of nitrogens with one attached hydrogen (secondary N) is 1. The Labute approximate surface area is 118 Å². The maximum atomic E-state index is 10.6. The van der Waals surface area contributed by atoms with Gasteiger partial charge in [-0.2, -0.15) is 4.37 Å². The van der Waals surface area contributed by atoms with Gasteiger partial charge in [0.25, 0.3) is 0 Å². The Morgan fingerprint density at radius 3 is 2.68 bits per heavy atom. The first kappa shape index (κ1) is 13.3. The predicted octanol–water partition coefficient (Wildman–Crippen LogP) is 3.16. The van der Waals surface area contributed by atoms with Gasteiger partial charge in [0.2, 0.25) is 5.13 Å². The molecule has 106 valence electrons. The Kier molecular flexibility index (Phi) is 3.76. The SMILES string of the molecule is CCC1CCC(O)(CNc2nc(C3CC3)ns2)CC1. The van der Waals surface area contributed by atoms with Crippen LogP contribution in [0.25, 0.3) is 0 Å². The van der Waals surface area contributed by atoms with Crippen molar-refractivity contribution in [2.24, 2.45) is 5.92 Å². The summed E-state index contributed by atoms with van der Waals surface area (Å²) in [6.45, 7) is 2.86. The third-order valence-electron chi connectivity index (χ3n) is 4.57. The minimum atomic E-state index is -0.545. The first-order valence-electron chi connectivity index (χ1n) is 7.48. The van der Waals surface area contributed by atoms with Crippen LogP contribution < -0.4 is 5.32 Å². The summed E-state index contributed by atoms with van der Waals surface area (Å²) in [5.41, 5.74) is -0.545. The number of rotatable bonds is 5. The second-order valence-corrected chi connectivity index (χ2v) is 6.91. The average molecular weight is 281 g/mol. The fraction of sp³-hybridized carbons (Fsp3) is 0.857. The van der Waals surface area contributed by atoms with Gasteiger partial charge in [0.05, 0.1) is 5.60 Å². The van der Waals surface area contributed by atoms with E-state index < -0.39 is 5.60 Å². The molecule has 0 bridgehead atoms. The number of hydrogen-bond donors (Lipinski definition) is 2. The monoisotopic (exact) mass is 281 g/mol. The minimum absolute atomic E-state index is 0.545. The summed E-state index contributed by atoms with van der Waals surface area (Å²) in [7, 11) is 0. The van der Waals surface area contributed by atoms with Crippen LogP contribution in [0, 0.1) is 5.92 Å². The van der Waals surface area contributed by atoms with Gasteiger partial charge >= 0.3 is 0 Å². The highest BCUT2D eigenvalue weighted by molar-refractivity contribution is 7.09. The van der Waals surface area contributed by atoms with Crippen molar-refractivity contribution in [1.82, 2.24) is 9.36 Å². The van der Waals surface area contributed by atoms with Gasteiger partial charge in [-0.3, -0.25) is 0 Å². The maximum absolute atomic E-state index is 10.6. The fourth-order valence-electron chi connectivity index (χ4n) is 2.85. The topological polar surface area (TPSA) is 58.0 Å². The van der Waals surface area contributed by atoms with Gasteiger partial charge in [-0.1, -0.05) is 13.3 Å². The van der Waals surface area contributed by atoms with Crippen molar-refractivity contribution in [3.05, 3.63) is 5.82 Å². The molecule has 0 aliphatic heterocycles. The smallest absolute Gasteiger partial charge is 0.202 e. The number of aromatic nitrogens is 2. The molecule has 2 fully saturated rings. The molecule has 2 aliphatic carbocycles. The van der Waals surface area contributed by atoms with Crippen LogP contribution in [0.3, 0.4) is 0 Å². The van der Waals surface area contributed by atoms with E-state index >= 15 is 0 Å². The van der Waals surface area contributed by atoms with Crippen LogP contribution in [0.2, 0.25) is 0 Å². The molecule has 3 rings (SSSR count). The highest BCUT2D eigenvalue weighted by Gasteiger charge is 2.33. The van der Waals surface area contributed by atoms with Gasteiger partial charge in [-0.15, -0.1) is 0 Å². The zero-order valence-corrected chi connectivity index (χ0v) is 12.4. The molecule has 0 amide bonds. The minimum Gasteiger partial charge on any atom is -0.388 e. The lowest BCUT2D eigenvalue weighted by molar-refractivity contribution is 0.00229. The predicted molar refractivity (Wildman–Crippen MR) is 77.6 cm³/mol. The van der Waals surface area contributed by atoms with Gasteiger partial charge in [-0.25, -0.2) is 4.98 Å². The van der Waals surface area contributed by atoms with E-state index in [2.05, 4.69) is 21.6 Å². The fourth-order valence-corrected chi connectivity index (χ4v) is 3.50. The number of hydrogen-bond acceptors (Lipinski definition) is 5. The van der Waals surface area contributed by atoms with Crippen LogP contribution in [-0.4, -0.2) is 26.6 Å². The van der Waals surface area contributed by atoms with Crippen LogP contribution in [0.5, 0.6) is 0 Å². The largest absolute Gasteiger partial charge is 0.388 e. The maximum Gasteiger partial charge on any atom is 0.202 e. The lowest BCUT2D eigenvalue weighted by Gasteiger charge is -2.35. The molecule has 2 N–H and O–H groups in total. The molecule has 19 heavy (non-hydrogen) atoms. The molecule has 0 radical (unpaired) electrons. The Morgan fingerprint density at radius 1 is 1.32 bits per heavy atom. The van der Waals surface area contributed by atoms with Gasteiger partial charge < -0.3 is 10.4 Å². The second-order valence-electron chi connectivity index (χ2n) is 6.16. The summed E-state index contributed by atoms with van der Waals surface area (Å²) < 4.78 is 4.38. The van der Waals surface area contributed by atoms with Gasteiger partial charge in [0.1, 0.15) is 5.82 Å². The average Bonchev–Trinajstić information content (AvgIpc) is 3.17. The third-order valence-corrected chi connectivity index (χ3v) is 5.25. The molecule has 0 atom stereocenters. The molecule has 1 aromatic heterocycles. The lowest BCUT2D eigenvalue weighted by atomic mass is 9.78. The quantitative estimate of drug-likeness (QED) is 0.870. The Hall–Kier alpha value is -0.680. The van der Waals surface area contributed by atoms with E-state index in [0.29, 0.717) is 12.5 Å². The Balaban J connectivity index is 1.50. The highest BCUT2D eigenvalue weighted by Crippen LogP contribution is 2.39. The second kappa shape index (κ2) is 5.37. The zero-order chi connectivity index (χ0) is 13.3. The Morgan fingerprint density at radius 2 is 2.05 bits per heavy atom. The van der Waals surface area contributed by atoms with Gasteiger partial charge in [-0.05, 0) is 44.4 Å². The summed E-state index contributed by atoms with van der Waals surface area (Å²) in [6.07, 6.45) is 7.83. The lowest BCUT2D eigenvalue weighted by Crippen LogP contribution is -2.40. The first-order chi connectivity index (χ1) is 9.18. The molecular formula is C14H23N3OS. The number of nitrogens with zero attached hydrogens (tertiary/aromatic N) is 2. The number of anilines is 1. The van der Waals surface area contributed by atoms with E-state index in [1.165, 1.54) is 30.8 Å². The summed E-state index contributed by atoms with van der Waals surface area (Å²) in [5, 5.41) is 14.7. The van der Waals surface area contributed by atoms with Gasteiger partial charge in [0.15, 0.2) is 0 Å². The van der Waals surface area contributed by atoms with E-state index in [1.807, 2.05) is 0 Å². The molecule has 5 heteroatoms. The molecular weight excluding hydrogens is 258 g/mol. The molecule has 0 spiro atoms. The molecule has 0 aromatic carbocycles. The van der Waals surface area contributed by atoms with Crippen LogP contribution in [0.1, 0.15) is 63.6 Å². The van der Waals surface area contributed by atoms with Crippen molar-refractivity contribution in [1.29, 1.82) is 0 Å². The van der Waals surface area contributed by atoms with E-state index in [0.717, 1.165) is 42.6 Å². The molecule has 2 saturated carbocycles. The molecule has 4 nitrogen and oxygen atoms in total. The van der Waals surface area contributed by atoms with Crippen LogP contribution in [0.15, 0.2) is 0 Å². The summed E-state index contributed by atoms with van der Waals surface area (Å²) in [4.78, 5) is 4.50. The van der Waals surface area contributed by atoms with E-state index in [4.69, 9.17) is 0 Å². The van der Waals surface area contributed by atoms with E-state index in [1.54, 1.807) is 0 Å². The first-order valence-corrected chi connectivity index (χ1v) is 8.26. The van der Waals surface area contributed by atoms with E-state index in [9.17, 15) is 5.11 Å². The van der Waals surface area contributed by atoms with E-state index in [-0.39, 0.29) is 0 Å². The normalized spacial score (nSPS) is 31.4. The van der Waals surface area contributed by atoms with Crippen molar-refractivity contribution >= 4 is 16.7 Å². The van der Waals surface area contributed by atoms with Crippen LogP contribution in [-0.2, 0) is 0 Å². The Bertz CT molecular complexity index is 422. The molecule has 1 heterocycles. The zero-order valence-electron chi connectivity index (χ0n) is 11.6. The molecule has 0 saturated heterocycles. The third kappa shape index (κ3) is 3.26. The summed E-state index contributed by atoms with van der Waals surface area (Å²) >= 11 is 1.43. The summed E-state index contributed by atoms with van der Waals surface area (Å²) in [5.74, 6) is 2.41. The summed E-state index contributed by atoms with van der Waals surface area (Å²) in [6, 6.07) is 0. The highest BCUT2D eigenvalue weighted by atomic mass is 32.1. The standard InChI is InChI=1S/C14H23N3OS/c1-2-10-5-7-14(18,8-6-10)9-15-13-16-12(17-19-13)11-3-4-11/h10-11,18H,2-9H2,1H3,(H,15,16,17). The van der Waals surface area contributed by atoms with Crippen LogP contribution in [0.4, 0.5) is 5.13 Å². The number of aliphatic hydroxyl groups is 1. The van der Waals surface area contributed by atoms with Crippen molar-refractivity contribution < 1.29 is 5.11 Å².